The Bertz CT molecular complexity index is 1360. The topological polar surface area (TPSA) is 55.7 Å². The highest BCUT2D eigenvalue weighted by Gasteiger charge is 2.25. The van der Waals surface area contributed by atoms with Crippen molar-refractivity contribution in [3.8, 4) is 5.75 Å². The zero-order valence-electron chi connectivity index (χ0n) is 21.7. The van der Waals surface area contributed by atoms with Crippen molar-refractivity contribution in [1.29, 1.82) is 0 Å². The number of aromatic nitrogens is 1. The van der Waals surface area contributed by atoms with Crippen molar-refractivity contribution >= 4 is 16.8 Å². The monoisotopic (exact) mass is 515 g/mol. The van der Waals surface area contributed by atoms with Gasteiger partial charge in [0.2, 0.25) is 5.91 Å². The van der Waals surface area contributed by atoms with Crippen molar-refractivity contribution in [3.05, 3.63) is 102 Å². The van der Waals surface area contributed by atoms with Crippen LogP contribution in [0, 0.1) is 5.82 Å². The number of nitrogens with one attached hydrogen (secondary N) is 1. The quantitative estimate of drug-likeness (QED) is 0.330. The molecule has 1 fully saturated rings. The largest absolute Gasteiger partial charge is 0.497 e. The second-order valence-corrected chi connectivity index (χ2v) is 9.66. The van der Waals surface area contributed by atoms with E-state index in [2.05, 4.69) is 33.1 Å². The highest BCUT2D eigenvalue weighted by Crippen LogP contribution is 2.36. The van der Waals surface area contributed by atoms with Crippen LogP contribution >= 0.6 is 0 Å². The van der Waals surface area contributed by atoms with Gasteiger partial charge in [0.15, 0.2) is 0 Å². The van der Waals surface area contributed by atoms with Crippen LogP contribution in [0.1, 0.15) is 29.0 Å². The molecule has 4 aromatic rings. The van der Waals surface area contributed by atoms with E-state index in [0.29, 0.717) is 18.7 Å². The second kappa shape index (κ2) is 12.2. The molecular formula is C31H34FN3O3. The number of nitrogens with zero attached hydrogens (tertiary/aromatic N) is 2. The van der Waals surface area contributed by atoms with Gasteiger partial charge in [0, 0.05) is 62.2 Å². The second-order valence-electron chi connectivity index (χ2n) is 9.66. The summed E-state index contributed by atoms with van der Waals surface area (Å²) in [7, 11) is 1.66. The summed E-state index contributed by atoms with van der Waals surface area (Å²) in [6.45, 7) is 5.19. The number of hydrogen-bond donors (Lipinski definition) is 1. The smallest absolute Gasteiger partial charge is 0.220 e. The number of benzene rings is 3. The summed E-state index contributed by atoms with van der Waals surface area (Å²) < 4.78 is 28.0. The average Bonchev–Trinajstić information content (AvgIpc) is 3.31. The van der Waals surface area contributed by atoms with E-state index >= 15 is 4.39 Å². The number of ether oxygens (including phenoxy) is 2. The van der Waals surface area contributed by atoms with Crippen molar-refractivity contribution in [1.82, 2.24) is 14.8 Å². The van der Waals surface area contributed by atoms with Crippen molar-refractivity contribution in [3.63, 3.8) is 0 Å². The van der Waals surface area contributed by atoms with Crippen LogP contribution in [0.25, 0.3) is 10.9 Å². The van der Waals surface area contributed by atoms with Crippen molar-refractivity contribution in [2.75, 3.05) is 46.5 Å². The molecule has 0 radical (unpaired) electrons. The molecular weight excluding hydrogens is 481 g/mol. The van der Waals surface area contributed by atoms with Crippen LogP contribution in [-0.4, -0.2) is 61.9 Å². The van der Waals surface area contributed by atoms with Gasteiger partial charge in [-0.15, -0.1) is 0 Å². The Hall–Kier alpha value is -3.68. The maximum absolute atomic E-state index is 15.1. The molecule has 0 spiro atoms. The van der Waals surface area contributed by atoms with E-state index in [4.69, 9.17) is 9.47 Å². The van der Waals surface area contributed by atoms with Crippen LogP contribution in [-0.2, 0) is 16.1 Å². The van der Waals surface area contributed by atoms with Gasteiger partial charge in [-0.3, -0.25) is 9.69 Å². The third-order valence-corrected chi connectivity index (χ3v) is 7.23. The molecule has 0 bridgehead atoms. The Morgan fingerprint density at radius 3 is 2.50 bits per heavy atom. The summed E-state index contributed by atoms with van der Waals surface area (Å²) in [5.74, 6) is 0.0109. The van der Waals surface area contributed by atoms with Crippen LogP contribution in [0.4, 0.5) is 4.39 Å². The van der Waals surface area contributed by atoms with E-state index in [-0.39, 0.29) is 18.1 Å². The number of halogens is 1. The lowest BCUT2D eigenvalue weighted by Gasteiger charge is -2.26. The van der Waals surface area contributed by atoms with Gasteiger partial charge in [-0.25, -0.2) is 4.39 Å². The molecule has 198 valence electrons. The number of amides is 1. The zero-order chi connectivity index (χ0) is 26.3. The molecule has 1 N–H and O–H groups in total. The van der Waals surface area contributed by atoms with Gasteiger partial charge in [-0.1, -0.05) is 48.5 Å². The molecule has 1 saturated heterocycles. The fourth-order valence-electron chi connectivity index (χ4n) is 5.19. The van der Waals surface area contributed by atoms with Gasteiger partial charge in [0.05, 0.1) is 20.3 Å². The molecule has 0 saturated carbocycles. The Morgan fingerprint density at radius 1 is 1.00 bits per heavy atom. The Morgan fingerprint density at radius 2 is 1.74 bits per heavy atom. The van der Waals surface area contributed by atoms with Gasteiger partial charge in [0.25, 0.3) is 0 Å². The van der Waals surface area contributed by atoms with Gasteiger partial charge in [-0.05, 0) is 41.0 Å². The number of morpholine rings is 1. The van der Waals surface area contributed by atoms with E-state index in [1.807, 2.05) is 42.5 Å². The fourth-order valence-corrected chi connectivity index (χ4v) is 5.19. The summed E-state index contributed by atoms with van der Waals surface area (Å²) in [4.78, 5) is 15.4. The minimum Gasteiger partial charge on any atom is -0.497 e. The molecule has 1 aliphatic heterocycles. The maximum Gasteiger partial charge on any atom is 0.220 e. The Labute approximate surface area is 223 Å². The number of hydrogen-bond acceptors (Lipinski definition) is 4. The van der Waals surface area contributed by atoms with Crippen LogP contribution < -0.4 is 10.1 Å². The van der Waals surface area contributed by atoms with E-state index in [1.54, 1.807) is 19.2 Å². The molecule has 6 nitrogen and oxygen atoms in total. The summed E-state index contributed by atoms with van der Waals surface area (Å²) in [6.07, 6.45) is 2.24. The molecule has 3 aromatic carbocycles. The highest BCUT2D eigenvalue weighted by molar-refractivity contribution is 5.86. The molecule has 1 aliphatic rings. The number of para-hydroxylation sites is 1. The number of rotatable bonds is 10. The van der Waals surface area contributed by atoms with Crippen molar-refractivity contribution in [2.45, 2.75) is 18.9 Å². The predicted molar refractivity (Wildman–Crippen MR) is 147 cm³/mol. The minimum absolute atomic E-state index is 0.0847. The maximum atomic E-state index is 15.1. The van der Waals surface area contributed by atoms with E-state index < -0.39 is 5.92 Å². The number of carbonyl (C=O) groups excluding carboxylic acids is 1. The summed E-state index contributed by atoms with van der Waals surface area (Å²) in [5, 5.41) is 4.09. The Balaban J connectivity index is 1.42. The third-order valence-electron chi connectivity index (χ3n) is 7.23. The molecule has 7 heteroatoms. The molecule has 1 atom stereocenters. The summed E-state index contributed by atoms with van der Waals surface area (Å²) in [5.41, 5.74) is 3.65. The first-order valence-electron chi connectivity index (χ1n) is 13.1. The summed E-state index contributed by atoms with van der Waals surface area (Å²) in [6, 6.07) is 22.9. The normalized spacial score (nSPS) is 14.9. The number of fused-ring (bicyclic) bond motifs is 1. The first-order chi connectivity index (χ1) is 18.6. The van der Waals surface area contributed by atoms with E-state index in [0.717, 1.165) is 60.6 Å². The van der Waals surface area contributed by atoms with E-state index in [9.17, 15) is 4.79 Å². The third kappa shape index (κ3) is 6.06. The van der Waals surface area contributed by atoms with Crippen molar-refractivity contribution in [2.24, 2.45) is 0 Å². The molecule has 0 aliphatic carbocycles. The highest BCUT2D eigenvalue weighted by atomic mass is 19.1. The standard InChI is InChI=1S/C31H34FN3O3/c1-37-24-12-10-23(11-13-24)21-35-22-28(26-7-3-5-9-30(26)35)27(25-6-2-4-8-29(25)32)20-31(36)33-14-15-34-16-18-38-19-17-34/h2-13,22,27H,14-21H2,1H3,(H,33,36)/t27-/m0/s1. The minimum atomic E-state index is -0.415. The van der Waals surface area contributed by atoms with Crippen LogP contribution in [0.2, 0.25) is 0 Å². The molecule has 38 heavy (non-hydrogen) atoms. The molecule has 1 aromatic heterocycles. The Kier molecular flexibility index (Phi) is 8.36. The van der Waals surface area contributed by atoms with Gasteiger partial charge >= 0.3 is 0 Å². The zero-order valence-corrected chi connectivity index (χ0v) is 21.7. The van der Waals surface area contributed by atoms with Gasteiger partial charge in [-0.2, -0.15) is 0 Å². The van der Waals surface area contributed by atoms with Crippen LogP contribution in [0.3, 0.4) is 0 Å². The lowest BCUT2D eigenvalue weighted by molar-refractivity contribution is -0.121. The molecule has 0 unspecified atom stereocenters. The molecule has 1 amide bonds. The summed E-state index contributed by atoms with van der Waals surface area (Å²) >= 11 is 0. The van der Waals surface area contributed by atoms with Gasteiger partial charge < -0.3 is 19.4 Å². The first-order valence-corrected chi connectivity index (χ1v) is 13.1. The molecule has 5 rings (SSSR count). The molecule has 2 heterocycles. The van der Waals surface area contributed by atoms with Crippen LogP contribution in [0.15, 0.2) is 79.0 Å². The number of methoxy groups -OCH3 is 1. The first kappa shape index (κ1) is 25.9. The van der Waals surface area contributed by atoms with Crippen LogP contribution in [0.5, 0.6) is 5.75 Å². The van der Waals surface area contributed by atoms with Gasteiger partial charge in [0.1, 0.15) is 11.6 Å². The SMILES string of the molecule is COc1ccc(Cn2cc([C@@H](CC(=O)NCCN3CCOCC3)c3ccccc3F)c3ccccc32)cc1. The lowest BCUT2D eigenvalue weighted by Crippen LogP contribution is -2.41. The average molecular weight is 516 g/mol. The lowest BCUT2D eigenvalue weighted by atomic mass is 9.87. The fraction of sp³-hybridized carbons (Fsp3) is 0.323. The number of carbonyl (C=O) groups is 1. The van der Waals surface area contributed by atoms with Crippen molar-refractivity contribution < 1.29 is 18.7 Å². The predicted octanol–water partition coefficient (Wildman–Crippen LogP) is 4.81. The van der Waals surface area contributed by atoms with E-state index in [1.165, 1.54) is 6.07 Å².